The molecule has 1 fully saturated rings. The van der Waals surface area contributed by atoms with E-state index in [1.54, 1.807) is 13.0 Å². The molecule has 3 aromatic carbocycles. The van der Waals surface area contributed by atoms with Crippen LogP contribution in [0, 0.1) is 32.5 Å². The molecular weight excluding hydrogens is 520 g/mol. The fraction of sp³-hybridized carbons (Fsp3) is 0.444. The summed E-state index contributed by atoms with van der Waals surface area (Å²) < 4.78 is 26.2. The number of likely N-dealkylation sites (tertiary alicyclic amines) is 1. The second-order valence-electron chi connectivity index (χ2n) is 11.0. The number of aryl methyl sites for hydroxylation is 3. The molecule has 216 valence electrons. The molecule has 0 bridgehead atoms. The van der Waals surface area contributed by atoms with E-state index in [0.717, 1.165) is 37.3 Å². The Labute approximate surface area is 246 Å². The average molecular weight is 566 g/mol. The van der Waals surface area contributed by atoms with Crippen LogP contribution in [-0.2, 0) is 6.42 Å². The Hall–Kier alpha value is -2.49. The summed E-state index contributed by atoms with van der Waals surface area (Å²) in [5.41, 5.74) is 10.1. The van der Waals surface area contributed by atoms with Gasteiger partial charge in [0.05, 0.1) is 6.67 Å². The van der Waals surface area contributed by atoms with Crippen molar-refractivity contribution in [1.82, 2.24) is 4.90 Å². The van der Waals surface area contributed by atoms with E-state index in [0.29, 0.717) is 17.0 Å². The van der Waals surface area contributed by atoms with Gasteiger partial charge in [0.15, 0.2) is 0 Å². The third-order valence-electron chi connectivity index (χ3n) is 7.79. The summed E-state index contributed by atoms with van der Waals surface area (Å²) >= 11 is 6.35. The first kappa shape index (κ1) is 32.0. The first-order valence-electron chi connectivity index (χ1n) is 14.9. The van der Waals surface area contributed by atoms with Gasteiger partial charge in [-0.2, -0.15) is 0 Å². The van der Waals surface area contributed by atoms with Crippen LogP contribution in [0.15, 0.2) is 54.6 Å². The van der Waals surface area contributed by atoms with Crippen LogP contribution in [0.5, 0.6) is 0 Å². The Morgan fingerprint density at radius 2 is 1.60 bits per heavy atom. The highest BCUT2D eigenvalue weighted by Gasteiger charge is 2.21. The fourth-order valence-electron chi connectivity index (χ4n) is 5.59. The van der Waals surface area contributed by atoms with Gasteiger partial charge < -0.3 is 4.90 Å². The van der Waals surface area contributed by atoms with E-state index in [-0.39, 0.29) is 12.5 Å². The van der Waals surface area contributed by atoms with Crippen molar-refractivity contribution in [3.63, 3.8) is 0 Å². The maximum Gasteiger partial charge on any atom is 0.128 e. The van der Waals surface area contributed by atoms with Crippen molar-refractivity contribution in [2.24, 2.45) is 5.92 Å². The van der Waals surface area contributed by atoms with Crippen molar-refractivity contribution in [1.29, 1.82) is 0 Å². The molecule has 1 heterocycles. The molecule has 1 nitrogen and oxygen atoms in total. The number of hydrogen-bond donors (Lipinski definition) is 0. The van der Waals surface area contributed by atoms with E-state index in [1.807, 2.05) is 19.9 Å². The fourth-order valence-corrected chi connectivity index (χ4v) is 5.80. The van der Waals surface area contributed by atoms with Gasteiger partial charge >= 0.3 is 0 Å². The maximum absolute atomic E-state index is 14.5. The molecule has 2 aliphatic rings. The SMILES string of the molecule is CC.CC1CCN(CCCF)C1.Cc1ccc(C2=C(c3cc(F)c(C)c(Cl)c3)CCCc3cc(C)ccc32)cc1. The largest absolute Gasteiger partial charge is 0.303 e. The summed E-state index contributed by atoms with van der Waals surface area (Å²) in [5, 5.41) is 0.485. The zero-order valence-corrected chi connectivity index (χ0v) is 26.0. The van der Waals surface area contributed by atoms with Crippen LogP contribution in [0.2, 0.25) is 5.02 Å². The molecule has 0 saturated carbocycles. The first-order chi connectivity index (χ1) is 19.3. The van der Waals surface area contributed by atoms with Gasteiger partial charge in [0.25, 0.3) is 0 Å². The normalized spacial score (nSPS) is 16.9. The molecule has 0 spiro atoms. The first-order valence-corrected chi connectivity index (χ1v) is 15.3. The molecule has 1 unspecified atom stereocenters. The zero-order valence-electron chi connectivity index (χ0n) is 25.2. The van der Waals surface area contributed by atoms with Crippen LogP contribution >= 0.6 is 11.6 Å². The van der Waals surface area contributed by atoms with Crippen LogP contribution in [0.3, 0.4) is 0 Å². The number of nitrogens with zero attached hydrogens (tertiary/aromatic N) is 1. The highest BCUT2D eigenvalue weighted by molar-refractivity contribution is 6.31. The number of halogens is 3. The second kappa shape index (κ2) is 15.5. The van der Waals surface area contributed by atoms with Gasteiger partial charge in [-0.25, -0.2) is 4.39 Å². The number of allylic oxidation sites excluding steroid dienone is 1. The number of benzene rings is 3. The third kappa shape index (κ3) is 8.27. The average Bonchev–Trinajstić information content (AvgIpc) is 3.28. The van der Waals surface area contributed by atoms with Gasteiger partial charge in [0, 0.05) is 23.7 Å². The van der Waals surface area contributed by atoms with Gasteiger partial charge in [-0.05, 0) is 111 Å². The van der Waals surface area contributed by atoms with E-state index in [4.69, 9.17) is 11.6 Å². The predicted molar refractivity (Wildman–Crippen MR) is 170 cm³/mol. The number of rotatable bonds is 5. The molecule has 1 atom stereocenters. The van der Waals surface area contributed by atoms with Gasteiger partial charge in [-0.3, -0.25) is 4.39 Å². The van der Waals surface area contributed by atoms with E-state index < -0.39 is 0 Å². The van der Waals surface area contributed by atoms with Crippen molar-refractivity contribution in [2.75, 3.05) is 26.3 Å². The minimum Gasteiger partial charge on any atom is -0.303 e. The Morgan fingerprint density at radius 3 is 2.23 bits per heavy atom. The second-order valence-corrected chi connectivity index (χ2v) is 11.4. The standard InChI is InChI=1S/C26H24ClF.C8H16FN.C2H6/c1-16-7-10-19(11-8-16)26-22(21-14-24(27)18(3)25(28)15-21)6-4-5-20-13-17(2)9-12-23(20)26;1-8-3-6-10(7-8)5-2-4-9;1-2/h7-15H,4-6H2,1-3H3;8H,2-7H2,1H3;1-2H3. The zero-order chi connectivity index (χ0) is 29.2. The molecule has 1 aliphatic carbocycles. The lowest BCUT2D eigenvalue weighted by molar-refractivity contribution is 0.304. The van der Waals surface area contributed by atoms with E-state index >= 15 is 0 Å². The quantitative estimate of drug-likeness (QED) is 0.297. The maximum atomic E-state index is 14.5. The highest BCUT2D eigenvalue weighted by atomic mass is 35.5. The van der Waals surface area contributed by atoms with Crippen LogP contribution in [0.25, 0.3) is 11.1 Å². The summed E-state index contributed by atoms with van der Waals surface area (Å²) in [6, 6.07) is 18.9. The number of hydrogen-bond acceptors (Lipinski definition) is 1. The summed E-state index contributed by atoms with van der Waals surface area (Å²) in [6.45, 7) is 15.4. The predicted octanol–water partition coefficient (Wildman–Crippen LogP) is 10.4. The molecule has 0 aromatic heterocycles. The third-order valence-corrected chi connectivity index (χ3v) is 8.18. The summed E-state index contributed by atoms with van der Waals surface area (Å²) in [5.74, 6) is 0.589. The van der Waals surface area contributed by atoms with Crippen molar-refractivity contribution >= 4 is 22.7 Å². The molecule has 0 N–H and O–H groups in total. The molecule has 0 radical (unpaired) electrons. The van der Waals surface area contributed by atoms with Gasteiger partial charge in [-0.15, -0.1) is 0 Å². The van der Waals surface area contributed by atoms with Gasteiger partial charge in [0.1, 0.15) is 5.82 Å². The van der Waals surface area contributed by atoms with Gasteiger partial charge in [-0.1, -0.05) is 86.0 Å². The van der Waals surface area contributed by atoms with E-state index in [9.17, 15) is 8.78 Å². The number of alkyl halides is 1. The molecule has 40 heavy (non-hydrogen) atoms. The van der Waals surface area contributed by atoms with Crippen LogP contribution in [0.4, 0.5) is 8.78 Å². The lowest BCUT2D eigenvalue weighted by Gasteiger charge is -2.18. The van der Waals surface area contributed by atoms with Crippen molar-refractivity contribution < 1.29 is 8.78 Å². The Bertz CT molecular complexity index is 1260. The molecule has 0 amide bonds. The topological polar surface area (TPSA) is 3.24 Å². The Morgan fingerprint density at radius 1 is 0.900 bits per heavy atom. The van der Waals surface area contributed by atoms with E-state index in [1.165, 1.54) is 58.5 Å². The van der Waals surface area contributed by atoms with Gasteiger partial charge in [0.2, 0.25) is 0 Å². The number of fused-ring (bicyclic) bond motifs is 1. The van der Waals surface area contributed by atoms with Crippen molar-refractivity contribution in [3.05, 3.63) is 104 Å². The van der Waals surface area contributed by atoms with Crippen molar-refractivity contribution in [2.45, 2.75) is 73.6 Å². The van der Waals surface area contributed by atoms with Crippen LogP contribution in [-0.4, -0.2) is 31.2 Å². The molecule has 1 saturated heterocycles. The smallest absolute Gasteiger partial charge is 0.128 e. The molecule has 1 aliphatic heterocycles. The monoisotopic (exact) mass is 565 g/mol. The summed E-state index contributed by atoms with van der Waals surface area (Å²) in [7, 11) is 0. The lowest BCUT2D eigenvalue weighted by Crippen LogP contribution is -2.21. The highest BCUT2D eigenvalue weighted by Crippen LogP contribution is 2.41. The lowest BCUT2D eigenvalue weighted by atomic mass is 9.87. The van der Waals surface area contributed by atoms with Crippen LogP contribution < -0.4 is 0 Å². The molecule has 3 aromatic rings. The van der Waals surface area contributed by atoms with E-state index in [2.05, 4.69) is 68.1 Å². The Balaban J connectivity index is 0.000000309. The van der Waals surface area contributed by atoms with Crippen LogP contribution in [0.1, 0.15) is 85.4 Å². The minimum absolute atomic E-state index is 0.162. The van der Waals surface area contributed by atoms with Crippen molar-refractivity contribution in [3.8, 4) is 0 Å². The summed E-state index contributed by atoms with van der Waals surface area (Å²) in [6.07, 6.45) is 4.97. The molecule has 5 rings (SSSR count). The minimum atomic E-state index is -0.244. The molecule has 4 heteroatoms. The Kier molecular flexibility index (Phi) is 12.4. The summed E-state index contributed by atoms with van der Waals surface area (Å²) in [4.78, 5) is 2.35. The molecular formula is C36H46ClF2N.